The van der Waals surface area contributed by atoms with Crippen LogP contribution in [-0.2, 0) is 4.74 Å². The standard InChI is InChI=1S/C8H8NO2.Rf/c1-6-3-4-7(5-9-6)8(10)11-2;/h3,5H,1-2H3;/q-1;. The fourth-order valence-electron chi connectivity index (χ4n) is 0.645. The molecule has 0 bridgehead atoms. The Kier molecular flexibility index (Phi) is 2.97. The molecule has 0 radical (unpaired) electrons. The van der Waals surface area contributed by atoms with Gasteiger partial charge in [0.15, 0.2) is 0 Å². The number of esters is 1. The fourth-order valence-corrected chi connectivity index (χ4v) is 0.645. The molecule has 0 saturated carbocycles. The van der Waals surface area contributed by atoms with Crippen LogP contribution in [0.5, 0.6) is 0 Å². The van der Waals surface area contributed by atoms with Gasteiger partial charge in [0.1, 0.15) is 0 Å². The number of aryl methyl sites for hydroxylation is 1. The third kappa shape index (κ3) is 1.80. The first-order valence-electron chi connectivity index (χ1n) is 3.16. The summed E-state index contributed by atoms with van der Waals surface area (Å²) >= 11 is 0. The third-order valence-corrected chi connectivity index (χ3v) is 1.24. The van der Waals surface area contributed by atoms with Gasteiger partial charge in [-0.1, -0.05) is 13.1 Å². The van der Waals surface area contributed by atoms with Crippen molar-refractivity contribution in [2.24, 2.45) is 0 Å². The normalized spacial score (nSPS) is 8.50. The number of ether oxygens (including phenoxy) is 1. The van der Waals surface area contributed by atoms with E-state index in [0.29, 0.717) is 5.56 Å². The molecule has 0 aliphatic carbocycles. The number of rotatable bonds is 1. The summed E-state index contributed by atoms with van der Waals surface area (Å²) in [7, 11) is 1.33. The van der Waals surface area contributed by atoms with Gasteiger partial charge >= 0.3 is 0 Å². The van der Waals surface area contributed by atoms with Gasteiger partial charge in [0.25, 0.3) is 5.97 Å². The first-order chi connectivity index (χ1) is 5.24. The second kappa shape index (κ2) is 3.71. The molecule has 4 heteroatoms. The van der Waals surface area contributed by atoms with Crippen LogP contribution < -0.4 is 0 Å². The van der Waals surface area contributed by atoms with Gasteiger partial charge in [0.05, 0.1) is 7.11 Å². The minimum absolute atomic E-state index is 0. The second-order valence-corrected chi connectivity index (χ2v) is 2.09. The molecule has 0 unspecified atom stereocenters. The Morgan fingerprint density at radius 2 is 2.33 bits per heavy atom. The molecule has 0 saturated heterocycles. The minimum atomic E-state index is -0.405. The third-order valence-electron chi connectivity index (χ3n) is 1.24. The van der Waals surface area contributed by atoms with Gasteiger partial charge in [0, 0.05) is 0 Å². The number of pyridine rings is 1. The first kappa shape index (κ1) is 9.62. The van der Waals surface area contributed by atoms with Crippen molar-refractivity contribution in [2.75, 3.05) is 7.11 Å². The van der Waals surface area contributed by atoms with Gasteiger partial charge in [-0.3, -0.25) is 0 Å². The average Bonchev–Trinajstić information content (AvgIpc) is 2.05. The van der Waals surface area contributed by atoms with Gasteiger partial charge in [-0.2, -0.15) is 0 Å². The molecule has 0 spiro atoms. The van der Waals surface area contributed by atoms with Crippen LogP contribution in [0.2, 0.25) is 0 Å². The van der Waals surface area contributed by atoms with E-state index in [-0.39, 0.29) is 0 Å². The number of hydrogen-bond acceptors (Lipinski definition) is 3. The Balaban J connectivity index is 0.00000121. The number of carbonyl (C=O) groups is 1. The maximum Gasteiger partial charge on any atom is 0.251 e. The van der Waals surface area contributed by atoms with Crippen molar-refractivity contribution < 1.29 is 9.53 Å². The van der Waals surface area contributed by atoms with E-state index in [9.17, 15) is 4.79 Å². The molecule has 0 N–H and O–H groups in total. The summed E-state index contributed by atoms with van der Waals surface area (Å²) in [6, 6.07) is 4.40. The largest absolute Gasteiger partial charge is 0.509 e. The van der Waals surface area contributed by atoms with Gasteiger partial charge < -0.3 is 14.5 Å². The molecular formula is C8H8NO2Rf-. The SMILES string of the molecule is COC(=O)c1[c-]cc(C)nc1.[Rf]. The fraction of sp³-hybridized carbons (Fsp3) is 0.250. The maximum absolute atomic E-state index is 10.8. The first-order valence-corrected chi connectivity index (χ1v) is 3.16. The maximum atomic E-state index is 10.8. The molecular weight excluding hydrogens is 409 g/mol. The summed E-state index contributed by atoms with van der Waals surface area (Å²) < 4.78 is 4.47. The number of hydrogen-bond donors (Lipinski definition) is 0. The second-order valence-electron chi connectivity index (χ2n) is 2.09. The van der Waals surface area contributed by atoms with Crippen molar-refractivity contribution >= 4 is 5.97 Å². The average molecular weight is 417 g/mol. The smallest absolute Gasteiger partial charge is 0.251 e. The van der Waals surface area contributed by atoms with E-state index in [0.717, 1.165) is 5.69 Å². The van der Waals surface area contributed by atoms with Gasteiger partial charge in [-0.15, -0.1) is 12.1 Å². The van der Waals surface area contributed by atoms with Crippen molar-refractivity contribution in [3.63, 3.8) is 0 Å². The van der Waals surface area contributed by atoms with Crippen molar-refractivity contribution in [3.8, 4) is 0 Å². The number of aromatic nitrogens is 1. The summed E-state index contributed by atoms with van der Waals surface area (Å²) in [5.41, 5.74) is 1.19. The Hall–Kier alpha value is -2.38. The van der Waals surface area contributed by atoms with E-state index in [4.69, 9.17) is 0 Å². The molecule has 1 aromatic heterocycles. The van der Waals surface area contributed by atoms with Crippen molar-refractivity contribution in [1.29, 1.82) is 0 Å². The van der Waals surface area contributed by atoms with E-state index < -0.39 is 5.97 Å². The monoisotopic (exact) mass is 417 g/mol. The molecule has 0 amide bonds. The number of nitrogens with zero attached hydrogens (tertiary/aromatic N) is 1. The summed E-state index contributed by atoms with van der Waals surface area (Å²) in [5.74, 6) is -0.405. The Morgan fingerprint density at radius 1 is 1.67 bits per heavy atom. The number of methoxy groups -OCH3 is 1. The predicted octanol–water partition coefficient (Wildman–Crippen LogP) is 0.977. The van der Waals surface area contributed by atoms with Crippen LogP contribution in [0, 0.1) is 13.0 Å². The van der Waals surface area contributed by atoms with Crippen LogP contribution in [-0.4, -0.2) is 18.1 Å². The van der Waals surface area contributed by atoms with Crippen LogP contribution in [0.1, 0.15) is 16.1 Å². The van der Waals surface area contributed by atoms with E-state index in [1.54, 1.807) is 6.07 Å². The molecule has 0 atom stereocenters. The molecule has 1 aromatic rings. The van der Waals surface area contributed by atoms with E-state index in [1.807, 2.05) is 6.92 Å². The zero-order valence-electron chi connectivity index (χ0n) is 7.13. The van der Waals surface area contributed by atoms with Crippen molar-refractivity contribution in [1.82, 2.24) is 4.98 Å². The molecule has 3 nitrogen and oxygen atoms in total. The molecule has 60 valence electrons. The van der Waals surface area contributed by atoms with E-state index >= 15 is 0 Å². The Morgan fingerprint density at radius 3 is 2.75 bits per heavy atom. The minimum Gasteiger partial charge on any atom is -0.509 e. The van der Waals surface area contributed by atoms with Crippen LogP contribution >= 0.6 is 0 Å². The zero-order chi connectivity index (χ0) is 8.27. The summed E-state index contributed by atoms with van der Waals surface area (Å²) in [4.78, 5) is 14.7. The molecule has 1 heterocycles. The molecule has 0 fully saturated rings. The van der Waals surface area contributed by atoms with Crippen molar-refractivity contribution in [2.45, 2.75) is 6.92 Å². The summed E-state index contributed by atoms with van der Waals surface area (Å²) in [6.07, 6.45) is 1.45. The Bertz CT molecular complexity index is 258. The van der Waals surface area contributed by atoms with Crippen LogP contribution in [0.25, 0.3) is 0 Å². The molecule has 0 aliphatic heterocycles. The molecule has 0 aromatic carbocycles. The molecule has 1 rings (SSSR count). The van der Waals surface area contributed by atoms with Gasteiger partial charge in [-0.05, 0) is 11.3 Å². The number of carbonyl (C=O) groups excluding carboxylic acids is 1. The van der Waals surface area contributed by atoms with Gasteiger partial charge in [-0.25, -0.2) is 0 Å². The predicted molar refractivity (Wildman–Crippen MR) is 39.1 cm³/mol. The quantitative estimate of drug-likeness (QED) is 0.506. The van der Waals surface area contributed by atoms with Crippen LogP contribution in [0.3, 0.4) is 0 Å². The molecule has 12 heavy (non-hydrogen) atoms. The topological polar surface area (TPSA) is 39.2 Å². The van der Waals surface area contributed by atoms with E-state index in [2.05, 4.69) is 15.8 Å². The van der Waals surface area contributed by atoms with E-state index in [1.165, 1.54) is 13.3 Å². The zero-order valence-corrected chi connectivity index (χ0v) is 13.5. The summed E-state index contributed by atoms with van der Waals surface area (Å²) in [5, 5.41) is 0. The Labute approximate surface area is 65.0 Å². The van der Waals surface area contributed by atoms with Gasteiger partial charge in [0.2, 0.25) is 0 Å². The molecule has 0 aliphatic rings. The van der Waals surface area contributed by atoms with Crippen molar-refractivity contribution in [3.05, 3.63) is 29.6 Å². The summed E-state index contributed by atoms with van der Waals surface area (Å²) in [6.45, 7) is 1.83. The van der Waals surface area contributed by atoms with Crippen LogP contribution in [0.15, 0.2) is 12.3 Å². The van der Waals surface area contributed by atoms with Crippen LogP contribution in [0.4, 0.5) is 0 Å².